The molecule has 9 heteroatoms. The first-order chi connectivity index (χ1) is 14.0. The molecule has 0 amide bonds. The molecule has 4 aromatic rings. The SMILES string of the molecule is CSc1nccc(CC(=O)c2cnc3c(ccn3S(=O)(=O)c3ccccc3)c2)n1. The molecule has 0 aliphatic rings. The van der Waals surface area contributed by atoms with Gasteiger partial charge in [0.25, 0.3) is 10.0 Å². The Labute approximate surface area is 171 Å². The number of fused-ring (bicyclic) bond motifs is 1. The highest BCUT2D eigenvalue weighted by molar-refractivity contribution is 7.98. The molecular formula is C20H16N4O3S2. The van der Waals surface area contributed by atoms with Crippen molar-refractivity contribution in [3.63, 3.8) is 0 Å². The number of hydrogen-bond acceptors (Lipinski definition) is 7. The van der Waals surface area contributed by atoms with E-state index in [1.54, 1.807) is 42.6 Å². The Bertz CT molecular complexity index is 1300. The van der Waals surface area contributed by atoms with Crippen molar-refractivity contribution in [2.75, 3.05) is 6.26 Å². The first-order valence-corrected chi connectivity index (χ1v) is 11.3. The van der Waals surface area contributed by atoms with Crippen LogP contribution < -0.4 is 0 Å². The summed E-state index contributed by atoms with van der Waals surface area (Å²) in [6.45, 7) is 0. The van der Waals surface area contributed by atoms with Crippen molar-refractivity contribution in [1.82, 2.24) is 18.9 Å². The third-order valence-corrected chi connectivity index (χ3v) is 6.57. The number of ketones is 1. The zero-order valence-corrected chi connectivity index (χ0v) is 17.0. The van der Waals surface area contributed by atoms with Gasteiger partial charge in [0.2, 0.25) is 0 Å². The normalized spacial score (nSPS) is 11.6. The van der Waals surface area contributed by atoms with E-state index in [-0.39, 0.29) is 22.7 Å². The number of carbonyl (C=O) groups is 1. The first-order valence-electron chi connectivity index (χ1n) is 8.66. The Morgan fingerprint density at radius 1 is 1.10 bits per heavy atom. The second-order valence-corrected chi connectivity index (χ2v) is 8.79. The molecule has 0 bridgehead atoms. The van der Waals surface area contributed by atoms with Crippen LogP contribution in [0.4, 0.5) is 0 Å². The molecule has 0 unspecified atom stereocenters. The van der Waals surface area contributed by atoms with Gasteiger partial charge in [-0.25, -0.2) is 27.3 Å². The monoisotopic (exact) mass is 424 g/mol. The summed E-state index contributed by atoms with van der Waals surface area (Å²) < 4.78 is 26.9. The smallest absolute Gasteiger partial charge is 0.269 e. The fourth-order valence-corrected chi connectivity index (χ4v) is 4.60. The Morgan fingerprint density at radius 2 is 1.90 bits per heavy atom. The van der Waals surface area contributed by atoms with E-state index in [4.69, 9.17) is 0 Å². The van der Waals surface area contributed by atoms with Crippen LogP contribution in [-0.4, -0.2) is 39.4 Å². The summed E-state index contributed by atoms with van der Waals surface area (Å²) in [5, 5.41) is 1.18. The average Bonchev–Trinajstić information content (AvgIpc) is 3.18. The summed E-state index contributed by atoms with van der Waals surface area (Å²) >= 11 is 1.41. The van der Waals surface area contributed by atoms with Gasteiger partial charge in [-0.05, 0) is 36.6 Å². The maximum absolute atomic E-state index is 12.9. The predicted octanol–water partition coefficient (Wildman–Crippen LogP) is 3.21. The molecule has 0 radical (unpaired) electrons. The fraction of sp³-hybridized carbons (Fsp3) is 0.100. The minimum atomic E-state index is -3.76. The Hall–Kier alpha value is -3.04. The molecule has 0 aliphatic carbocycles. The second kappa shape index (κ2) is 7.76. The van der Waals surface area contributed by atoms with Gasteiger partial charge in [0, 0.05) is 29.5 Å². The fourth-order valence-electron chi connectivity index (χ4n) is 2.89. The number of pyridine rings is 1. The first kappa shape index (κ1) is 19.3. The largest absolute Gasteiger partial charge is 0.294 e. The number of rotatable bonds is 6. The molecule has 29 heavy (non-hydrogen) atoms. The van der Waals surface area contributed by atoms with E-state index in [1.165, 1.54) is 36.3 Å². The molecule has 146 valence electrons. The van der Waals surface area contributed by atoms with Gasteiger partial charge in [0.05, 0.1) is 17.0 Å². The summed E-state index contributed by atoms with van der Waals surface area (Å²) in [5.41, 5.74) is 1.30. The van der Waals surface area contributed by atoms with E-state index in [0.717, 1.165) is 3.97 Å². The van der Waals surface area contributed by atoms with Crippen LogP contribution in [0.5, 0.6) is 0 Å². The maximum atomic E-state index is 12.9. The second-order valence-electron chi connectivity index (χ2n) is 6.20. The molecule has 0 atom stereocenters. The Morgan fingerprint density at radius 3 is 2.66 bits per heavy atom. The van der Waals surface area contributed by atoms with Gasteiger partial charge in [-0.15, -0.1) is 0 Å². The van der Waals surface area contributed by atoms with Crippen molar-refractivity contribution in [3.8, 4) is 0 Å². The van der Waals surface area contributed by atoms with Crippen LogP contribution in [-0.2, 0) is 16.4 Å². The lowest BCUT2D eigenvalue weighted by Gasteiger charge is -2.07. The molecule has 0 N–H and O–H groups in total. The molecule has 0 aliphatic heterocycles. The number of Topliss-reactive ketones (excluding diaryl/α,β-unsaturated/α-hetero) is 1. The zero-order valence-electron chi connectivity index (χ0n) is 15.4. The van der Waals surface area contributed by atoms with Crippen LogP contribution in [0.2, 0.25) is 0 Å². The quantitative estimate of drug-likeness (QED) is 0.266. The Kier molecular flexibility index (Phi) is 5.16. The molecular weight excluding hydrogens is 408 g/mol. The average molecular weight is 425 g/mol. The molecule has 0 saturated carbocycles. The van der Waals surface area contributed by atoms with Gasteiger partial charge >= 0.3 is 0 Å². The number of benzene rings is 1. The number of carbonyl (C=O) groups excluding carboxylic acids is 1. The minimum Gasteiger partial charge on any atom is -0.294 e. The van der Waals surface area contributed by atoms with E-state index in [9.17, 15) is 13.2 Å². The van der Waals surface area contributed by atoms with Gasteiger partial charge in [0.1, 0.15) is 0 Å². The summed E-state index contributed by atoms with van der Waals surface area (Å²) in [6, 6.07) is 13.1. The van der Waals surface area contributed by atoms with Crippen LogP contribution in [0.25, 0.3) is 11.0 Å². The molecule has 0 spiro atoms. The van der Waals surface area contributed by atoms with Crippen molar-refractivity contribution in [1.29, 1.82) is 0 Å². The highest BCUT2D eigenvalue weighted by atomic mass is 32.2. The van der Waals surface area contributed by atoms with Gasteiger partial charge in [-0.2, -0.15) is 0 Å². The number of hydrogen-bond donors (Lipinski definition) is 0. The molecule has 0 fully saturated rings. The van der Waals surface area contributed by atoms with E-state index < -0.39 is 10.0 Å². The van der Waals surface area contributed by atoms with Gasteiger partial charge in [0.15, 0.2) is 16.6 Å². The van der Waals surface area contributed by atoms with E-state index >= 15 is 0 Å². The van der Waals surface area contributed by atoms with Crippen LogP contribution in [0.15, 0.2) is 77.2 Å². The molecule has 4 rings (SSSR count). The third kappa shape index (κ3) is 3.79. The predicted molar refractivity (Wildman–Crippen MR) is 111 cm³/mol. The lowest BCUT2D eigenvalue weighted by Crippen LogP contribution is -2.12. The minimum absolute atomic E-state index is 0.117. The van der Waals surface area contributed by atoms with Crippen molar-refractivity contribution < 1.29 is 13.2 Å². The van der Waals surface area contributed by atoms with Crippen LogP contribution >= 0.6 is 11.8 Å². The number of aromatic nitrogens is 4. The van der Waals surface area contributed by atoms with E-state index in [2.05, 4.69) is 15.0 Å². The van der Waals surface area contributed by atoms with Crippen molar-refractivity contribution >= 4 is 38.6 Å². The summed E-state index contributed by atoms with van der Waals surface area (Å²) in [6.07, 6.45) is 6.46. The molecule has 0 saturated heterocycles. The summed E-state index contributed by atoms with van der Waals surface area (Å²) in [7, 11) is -3.76. The van der Waals surface area contributed by atoms with Crippen molar-refractivity contribution in [2.45, 2.75) is 16.5 Å². The topological polar surface area (TPSA) is 94.8 Å². The standard InChI is InChI=1S/C20H16N4O3S2/c1-28-20-21-9-7-16(23-20)12-18(25)15-11-14-8-10-24(19(14)22-13-15)29(26,27)17-5-3-2-4-6-17/h2-11,13H,12H2,1H3. The van der Waals surface area contributed by atoms with Gasteiger partial charge in [-0.1, -0.05) is 30.0 Å². The van der Waals surface area contributed by atoms with E-state index in [0.29, 0.717) is 21.8 Å². The number of thioether (sulfide) groups is 1. The highest BCUT2D eigenvalue weighted by Crippen LogP contribution is 2.22. The molecule has 1 aromatic carbocycles. The number of nitrogens with zero attached hydrogens (tertiary/aromatic N) is 4. The summed E-state index contributed by atoms with van der Waals surface area (Å²) in [5.74, 6) is -0.149. The third-order valence-electron chi connectivity index (χ3n) is 4.33. The highest BCUT2D eigenvalue weighted by Gasteiger charge is 2.20. The molecule has 7 nitrogen and oxygen atoms in total. The van der Waals surface area contributed by atoms with Crippen molar-refractivity contribution in [3.05, 3.63) is 78.4 Å². The zero-order chi connectivity index (χ0) is 20.4. The van der Waals surface area contributed by atoms with E-state index in [1.807, 2.05) is 6.26 Å². The van der Waals surface area contributed by atoms with Crippen LogP contribution in [0.1, 0.15) is 16.1 Å². The molecule has 3 aromatic heterocycles. The van der Waals surface area contributed by atoms with Crippen molar-refractivity contribution in [2.24, 2.45) is 0 Å². The Balaban J connectivity index is 1.65. The van der Waals surface area contributed by atoms with Gasteiger partial charge < -0.3 is 0 Å². The van der Waals surface area contributed by atoms with Gasteiger partial charge in [-0.3, -0.25) is 4.79 Å². The lowest BCUT2D eigenvalue weighted by atomic mass is 10.1. The lowest BCUT2D eigenvalue weighted by molar-refractivity contribution is 0.0991. The maximum Gasteiger partial charge on any atom is 0.269 e. The van der Waals surface area contributed by atoms with Crippen LogP contribution in [0, 0.1) is 0 Å². The molecule has 3 heterocycles. The van der Waals surface area contributed by atoms with Crippen LogP contribution in [0.3, 0.4) is 0 Å². The summed E-state index contributed by atoms with van der Waals surface area (Å²) in [4.78, 5) is 25.5.